The summed E-state index contributed by atoms with van der Waals surface area (Å²) in [5.74, 6) is 0. The molecular formula is C13H17F3N2O. The van der Waals surface area contributed by atoms with Gasteiger partial charge >= 0.3 is 6.18 Å². The van der Waals surface area contributed by atoms with E-state index in [9.17, 15) is 13.2 Å². The van der Waals surface area contributed by atoms with Crippen molar-refractivity contribution in [2.75, 3.05) is 30.3 Å². The van der Waals surface area contributed by atoms with Crippen molar-refractivity contribution < 1.29 is 17.9 Å². The van der Waals surface area contributed by atoms with Crippen molar-refractivity contribution in [1.82, 2.24) is 0 Å². The van der Waals surface area contributed by atoms with Crippen LogP contribution in [0.3, 0.4) is 0 Å². The molecule has 1 aliphatic rings. The Kier molecular flexibility index (Phi) is 3.38. The molecule has 0 bridgehead atoms. The van der Waals surface area contributed by atoms with Crippen LogP contribution >= 0.6 is 0 Å². The van der Waals surface area contributed by atoms with Gasteiger partial charge in [0.2, 0.25) is 0 Å². The van der Waals surface area contributed by atoms with Crippen molar-refractivity contribution in [2.24, 2.45) is 0 Å². The smallest absolute Gasteiger partial charge is 0.398 e. The van der Waals surface area contributed by atoms with E-state index in [1.165, 1.54) is 6.07 Å². The average molecular weight is 274 g/mol. The van der Waals surface area contributed by atoms with Gasteiger partial charge in [-0.3, -0.25) is 0 Å². The van der Waals surface area contributed by atoms with Gasteiger partial charge in [-0.1, -0.05) is 0 Å². The monoisotopic (exact) mass is 274 g/mol. The molecule has 0 aromatic heterocycles. The number of rotatable bonds is 1. The average Bonchev–Trinajstić information content (AvgIpc) is 2.26. The van der Waals surface area contributed by atoms with E-state index in [1.807, 2.05) is 18.7 Å². The summed E-state index contributed by atoms with van der Waals surface area (Å²) in [7, 11) is 0. The van der Waals surface area contributed by atoms with Crippen LogP contribution in [0.2, 0.25) is 0 Å². The molecule has 1 aromatic carbocycles. The van der Waals surface area contributed by atoms with Crippen LogP contribution in [-0.2, 0) is 10.9 Å². The second-order valence-electron chi connectivity index (χ2n) is 5.30. The third-order valence-corrected chi connectivity index (χ3v) is 3.13. The summed E-state index contributed by atoms with van der Waals surface area (Å²) in [6.45, 7) is 5.46. The summed E-state index contributed by atoms with van der Waals surface area (Å²) < 4.78 is 44.0. The summed E-state index contributed by atoms with van der Waals surface area (Å²) in [6.07, 6.45) is -4.43. The van der Waals surface area contributed by atoms with Gasteiger partial charge in [0.25, 0.3) is 0 Å². The van der Waals surface area contributed by atoms with Gasteiger partial charge in [-0.05, 0) is 32.0 Å². The molecule has 106 valence electrons. The van der Waals surface area contributed by atoms with Crippen molar-refractivity contribution in [1.29, 1.82) is 0 Å². The van der Waals surface area contributed by atoms with E-state index < -0.39 is 11.7 Å². The Balaban J connectivity index is 2.31. The largest absolute Gasteiger partial charge is 0.418 e. The summed E-state index contributed by atoms with van der Waals surface area (Å²) in [6, 6.07) is 4.03. The van der Waals surface area contributed by atoms with Crippen LogP contribution < -0.4 is 10.6 Å². The predicted molar refractivity (Wildman–Crippen MR) is 68.1 cm³/mol. The van der Waals surface area contributed by atoms with Gasteiger partial charge in [0.05, 0.1) is 17.8 Å². The topological polar surface area (TPSA) is 38.5 Å². The highest BCUT2D eigenvalue weighted by Gasteiger charge is 2.34. The minimum atomic E-state index is -4.43. The zero-order chi connectivity index (χ0) is 14.3. The maximum Gasteiger partial charge on any atom is 0.418 e. The highest BCUT2D eigenvalue weighted by molar-refractivity contribution is 5.59. The molecule has 0 unspecified atom stereocenters. The number of nitrogen functional groups attached to an aromatic ring is 1. The van der Waals surface area contributed by atoms with E-state index in [1.54, 1.807) is 6.07 Å². The second-order valence-corrected chi connectivity index (χ2v) is 5.30. The van der Waals surface area contributed by atoms with Crippen LogP contribution in [0.1, 0.15) is 19.4 Å². The molecule has 1 fully saturated rings. The fraction of sp³-hybridized carbons (Fsp3) is 0.538. The Hall–Kier alpha value is -1.43. The fourth-order valence-electron chi connectivity index (χ4n) is 2.22. The Bertz CT molecular complexity index is 471. The molecule has 2 rings (SSSR count). The molecule has 1 aliphatic heterocycles. The lowest BCUT2D eigenvalue weighted by Crippen LogP contribution is -2.48. The second kappa shape index (κ2) is 4.59. The molecular weight excluding hydrogens is 257 g/mol. The summed E-state index contributed by atoms with van der Waals surface area (Å²) >= 11 is 0. The van der Waals surface area contributed by atoms with Crippen molar-refractivity contribution >= 4 is 11.4 Å². The molecule has 19 heavy (non-hydrogen) atoms. The van der Waals surface area contributed by atoms with E-state index in [-0.39, 0.29) is 11.3 Å². The first kappa shape index (κ1) is 14.0. The molecule has 2 N–H and O–H groups in total. The van der Waals surface area contributed by atoms with Crippen LogP contribution in [0.15, 0.2) is 18.2 Å². The van der Waals surface area contributed by atoms with Crippen LogP contribution in [0, 0.1) is 0 Å². The van der Waals surface area contributed by atoms with Gasteiger partial charge in [0.1, 0.15) is 0 Å². The van der Waals surface area contributed by atoms with Crippen LogP contribution in [0.5, 0.6) is 0 Å². The number of benzene rings is 1. The minimum absolute atomic E-state index is 0.247. The van der Waals surface area contributed by atoms with Crippen molar-refractivity contribution in [3.8, 4) is 0 Å². The molecule has 0 radical (unpaired) electrons. The molecule has 6 heteroatoms. The van der Waals surface area contributed by atoms with Crippen LogP contribution in [0.25, 0.3) is 0 Å². The number of hydrogen-bond donors (Lipinski definition) is 1. The standard InChI is InChI=1S/C13H17F3N2O/c1-12(2)8-18(5-6-19-12)9-3-4-11(17)10(7-9)13(14,15)16/h3-4,7H,5-6,8,17H2,1-2H3. The number of nitrogens with two attached hydrogens (primary N) is 1. The van der Waals surface area contributed by atoms with Crippen molar-refractivity contribution in [3.05, 3.63) is 23.8 Å². The zero-order valence-corrected chi connectivity index (χ0v) is 10.9. The van der Waals surface area contributed by atoms with Crippen LogP contribution in [-0.4, -0.2) is 25.3 Å². The highest BCUT2D eigenvalue weighted by atomic mass is 19.4. The number of nitrogens with zero attached hydrogens (tertiary/aromatic N) is 1. The lowest BCUT2D eigenvalue weighted by molar-refractivity contribution is -0.136. The third-order valence-electron chi connectivity index (χ3n) is 3.13. The van der Waals surface area contributed by atoms with Crippen LogP contribution in [0.4, 0.5) is 24.5 Å². The van der Waals surface area contributed by atoms with Gasteiger partial charge in [-0.25, -0.2) is 0 Å². The normalized spacial score (nSPS) is 19.5. The van der Waals surface area contributed by atoms with Crippen molar-refractivity contribution in [3.63, 3.8) is 0 Å². The molecule has 3 nitrogen and oxygen atoms in total. The quantitative estimate of drug-likeness (QED) is 0.800. The Morgan fingerprint density at radius 3 is 2.58 bits per heavy atom. The Morgan fingerprint density at radius 1 is 1.32 bits per heavy atom. The van der Waals surface area contributed by atoms with Gasteiger partial charge in [-0.15, -0.1) is 0 Å². The zero-order valence-electron chi connectivity index (χ0n) is 10.9. The molecule has 0 saturated carbocycles. The molecule has 1 saturated heterocycles. The van der Waals surface area contributed by atoms with E-state index in [0.717, 1.165) is 6.07 Å². The Labute approximate surface area is 110 Å². The first-order valence-corrected chi connectivity index (χ1v) is 6.05. The highest BCUT2D eigenvalue weighted by Crippen LogP contribution is 2.36. The molecule has 0 aliphatic carbocycles. The van der Waals surface area contributed by atoms with Gasteiger partial charge < -0.3 is 15.4 Å². The number of morpholine rings is 1. The lowest BCUT2D eigenvalue weighted by Gasteiger charge is -2.39. The maximum absolute atomic E-state index is 12.8. The summed E-state index contributed by atoms with van der Waals surface area (Å²) in [5, 5.41) is 0. The molecule has 1 heterocycles. The van der Waals surface area contributed by atoms with E-state index in [4.69, 9.17) is 10.5 Å². The predicted octanol–water partition coefficient (Wildman–Crippen LogP) is 2.90. The number of alkyl halides is 3. The first-order chi connectivity index (χ1) is 8.69. The van der Waals surface area contributed by atoms with Crippen molar-refractivity contribution in [2.45, 2.75) is 25.6 Å². The number of halogens is 3. The number of ether oxygens (including phenoxy) is 1. The Morgan fingerprint density at radius 2 is 2.00 bits per heavy atom. The van der Waals surface area contributed by atoms with E-state index >= 15 is 0 Å². The fourth-order valence-corrected chi connectivity index (χ4v) is 2.22. The van der Waals surface area contributed by atoms with Gasteiger partial charge in [0.15, 0.2) is 0 Å². The third kappa shape index (κ3) is 3.12. The molecule has 0 atom stereocenters. The van der Waals surface area contributed by atoms with E-state index in [2.05, 4.69) is 0 Å². The number of hydrogen-bond acceptors (Lipinski definition) is 3. The van der Waals surface area contributed by atoms with Gasteiger partial charge in [0, 0.05) is 24.5 Å². The summed E-state index contributed by atoms with van der Waals surface area (Å²) in [4.78, 5) is 1.89. The minimum Gasteiger partial charge on any atom is -0.398 e. The van der Waals surface area contributed by atoms with E-state index in [0.29, 0.717) is 25.4 Å². The molecule has 0 amide bonds. The molecule has 0 spiro atoms. The maximum atomic E-state index is 12.8. The van der Waals surface area contributed by atoms with Gasteiger partial charge in [-0.2, -0.15) is 13.2 Å². The lowest BCUT2D eigenvalue weighted by atomic mass is 10.1. The first-order valence-electron chi connectivity index (χ1n) is 6.05. The SMILES string of the molecule is CC1(C)CN(c2ccc(N)c(C(F)(F)F)c2)CCO1. The summed E-state index contributed by atoms with van der Waals surface area (Å²) in [5.41, 5.74) is 4.53. The molecule has 1 aromatic rings. The number of anilines is 2.